The summed E-state index contributed by atoms with van der Waals surface area (Å²) < 4.78 is 37.4. The molecular formula is C19H14N6O4S2. The first-order valence-corrected chi connectivity index (χ1v) is 11.1. The van der Waals surface area contributed by atoms with Crippen LogP contribution >= 0.6 is 11.5 Å². The van der Waals surface area contributed by atoms with E-state index in [-0.39, 0.29) is 16.8 Å². The SMILES string of the molecule is [C-]#[N+]c1cncc2c(/N=N/c3cc(S(=O)(=O)O)c(O)c4cccc(NCC)c34)snc12. The summed E-state index contributed by atoms with van der Waals surface area (Å²) in [6.07, 6.45) is 2.93. The molecule has 0 atom stereocenters. The van der Waals surface area contributed by atoms with Crippen molar-refractivity contribution in [2.24, 2.45) is 10.2 Å². The summed E-state index contributed by atoms with van der Waals surface area (Å²) in [7, 11) is -4.71. The summed E-state index contributed by atoms with van der Waals surface area (Å²) in [6, 6.07) is 5.98. The lowest BCUT2D eigenvalue weighted by Crippen LogP contribution is -2.01. The van der Waals surface area contributed by atoms with Crippen molar-refractivity contribution >= 4 is 65.4 Å². The van der Waals surface area contributed by atoms with Crippen LogP contribution in [0.3, 0.4) is 0 Å². The first-order chi connectivity index (χ1) is 14.8. The van der Waals surface area contributed by atoms with Crippen molar-refractivity contribution in [1.82, 2.24) is 9.36 Å². The van der Waals surface area contributed by atoms with Crippen LogP contribution in [-0.2, 0) is 10.1 Å². The van der Waals surface area contributed by atoms with Gasteiger partial charge in [-0.2, -0.15) is 8.42 Å². The number of pyridine rings is 1. The minimum Gasteiger partial charge on any atom is -0.506 e. The van der Waals surface area contributed by atoms with Crippen LogP contribution in [-0.4, -0.2) is 34.0 Å². The van der Waals surface area contributed by atoms with Crippen LogP contribution in [0.2, 0.25) is 0 Å². The van der Waals surface area contributed by atoms with E-state index in [9.17, 15) is 18.1 Å². The third kappa shape index (κ3) is 3.66. The Balaban J connectivity index is 1.97. The minimum atomic E-state index is -4.71. The van der Waals surface area contributed by atoms with E-state index in [1.54, 1.807) is 12.1 Å². The Kier molecular flexibility index (Phi) is 5.24. The maximum absolute atomic E-state index is 11.8. The molecule has 4 rings (SSSR count). The zero-order valence-corrected chi connectivity index (χ0v) is 17.6. The van der Waals surface area contributed by atoms with Crippen molar-refractivity contribution in [1.29, 1.82) is 0 Å². The first-order valence-electron chi connectivity index (χ1n) is 8.87. The Labute approximate surface area is 180 Å². The highest BCUT2D eigenvalue weighted by atomic mass is 32.2. The Morgan fingerprint density at radius 1 is 1.26 bits per heavy atom. The fraction of sp³-hybridized carbons (Fsp3) is 0.105. The quantitative estimate of drug-likeness (QED) is 0.214. The molecule has 0 amide bonds. The molecule has 10 nitrogen and oxygen atoms in total. The maximum Gasteiger partial charge on any atom is 0.298 e. The van der Waals surface area contributed by atoms with Crippen LogP contribution in [0.15, 0.2) is 51.8 Å². The lowest BCUT2D eigenvalue weighted by Gasteiger charge is -2.13. The molecule has 4 aromatic rings. The van der Waals surface area contributed by atoms with Crippen LogP contribution < -0.4 is 5.32 Å². The van der Waals surface area contributed by atoms with E-state index in [1.165, 1.54) is 18.5 Å². The number of benzene rings is 2. The lowest BCUT2D eigenvalue weighted by molar-refractivity contribution is 0.448. The van der Waals surface area contributed by atoms with E-state index in [0.717, 1.165) is 17.6 Å². The molecular weight excluding hydrogens is 440 g/mol. The fourth-order valence-electron chi connectivity index (χ4n) is 3.12. The van der Waals surface area contributed by atoms with Crippen molar-refractivity contribution in [3.63, 3.8) is 0 Å². The second-order valence-corrected chi connectivity index (χ2v) is 8.47. The van der Waals surface area contributed by atoms with Crippen molar-refractivity contribution in [2.75, 3.05) is 11.9 Å². The fourth-order valence-corrected chi connectivity index (χ4v) is 4.43. The molecule has 0 aliphatic rings. The van der Waals surface area contributed by atoms with Crippen LogP contribution in [0.1, 0.15) is 6.92 Å². The van der Waals surface area contributed by atoms with Gasteiger partial charge >= 0.3 is 0 Å². The summed E-state index contributed by atoms with van der Waals surface area (Å²) in [5.74, 6) is -0.578. The Morgan fingerprint density at radius 3 is 2.77 bits per heavy atom. The number of anilines is 1. The maximum atomic E-state index is 11.8. The molecule has 0 spiro atoms. The molecule has 12 heteroatoms. The van der Waals surface area contributed by atoms with Gasteiger partial charge < -0.3 is 10.4 Å². The number of hydrogen-bond donors (Lipinski definition) is 3. The molecule has 0 aliphatic heterocycles. The average molecular weight is 454 g/mol. The molecule has 0 saturated heterocycles. The topological polar surface area (TPSA) is 141 Å². The van der Waals surface area contributed by atoms with Crippen LogP contribution in [0, 0.1) is 6.57 Å². The highest BCUT2D eigenvalue weighted by Gasteiger charge is 2.22. The molecule has 0 radical (unpaired) electrons. The van der Waals surface area contributed by atoms with E-state index in [1.807, 2.05) is 6.92 Å². The number of fused-ring (bicyclic) bond motifs is 2. The number of nitrogens with one attached hydrogen (secondary N) is 1. The third-order valence-corrected chi connectivity index (χ3v) is 6.06. The second kappa shape index (κ2) is 7.88. The van der Waals surface area contributed by atoms with Crippen molar-refractivity contribution in [2.45, 2.75) is 11.8 Å². The van der Waals surface area contributed by atoms with Crippen LogP contribution in [0.25, 0.3) is 26.5 Å². The van der Waals surface area contributed by atoms with Crippen LogP contribution in [0.5, 0.6) is 5.75 Å². The summed E-state index contributed by atoms with van der Waals surface area (Å²) >= 11 is 1.02. The molecule has 3 N–H and O–H groups in total. The van der Waals surface area contributed by atoms with Crippen molar-refractivity contribution < 1.29 is 18.1 Å². The summed E-state index contributed by atoms with van der Waals surface area (Å²) in [5.41, 5.74) is 1.46. The monoisotopic (exact) mass is 454 g/mol. The number of phenols is 1. The second-order valence-electron chi connectivity index (χ2n) is 6.33. The number of nitrogens with zero attached hydrogens (tertiary/aromatic N) is 5. The van der Waals surface area contributed by atoms with Gasteiger partial charge in [-0.3, -0.25) is 9.54 Å². The van der Waals surface area contributed by atoms with E-state index < -0.39 is 20.8 Å². The van der Waals surface area contributed by atoms with Crippen LogP contribution in [0.4, 0.5) is 22.1 Å². The molecule has 2 heterocycles. The normalized spacial score (nSPS) is 11.9. The van der Waals surface area contributed by atoms with E-state index in [2.05, 4.69) is 29.7 Å². The molecule has 0 unspecified atom stereocenters. The highest BCUT2D eigenvalue weighted by Crippen LogP contribution is 2.43. The van der Waals surface area contributed by atoms with Gasteiger partial charge in [0.25, 0.3) is 10.1 Å². The molecule has 0 fully saturated rings. The third-order valence-electron chi connectivity index (χ3n) is 4.44. The summed E-state index contributed by atoms with van der Waals surface area (Å²) in [4.78, 5) is 6.72. The van der Waals surface area contributed by atoms with Gasteiger partial charge in [0.1, 0.15) is 10.6 Å². The lowest BCUT2D eigenvalue weighted by atomic mass is 10.1. The first kappa shape index (κ1) is 20.6. The molecule has 0 saturated carbocycles. The molecule has 2 aromatic carbocycles. The average Bonchev–Trinajstić information content (AvgIpc) is 3.16. The highest BCUT2D eigenvalue weighted by molar-refractivity contribution is 7.86. The molecule has 31 heavy (non-hydrogen) atoms. The minimum absolute atomic E-state index is 0.118. The standard InChI is InChI=1S/C19H14N6O4S2/c1-3-22-12-6-4-5-10-16(12)13(7-15(18(10)26)31(27,28)29)23-24-19-11-8-21-9-14(20-2)17(11)25-30-19/h4-9,22,26H,3H2,1H3,(H,27,28,29)/b24-23+. The van der Waals surface area contributed by atoms with Gasteiger partial charge in [0.15, 0.2) is 5.00 Å². The number of aromatic hydroxyl groups is 1. The van der Waals surface area contributed by atoms with E-state index in [4.69, 9.17) is 6.57 Å². The van der Waals surface area contributed by atoms with E-state index in [0.29, 0.717) is 33.5 Å². The Bertz CT molecular complexity index is 1510. The van der Waals surface area contributed by atoms with Gasteiger partial charge in [-0.15, -0.1) is 10.2 Å². The zero-order chi connectivity index (χ0) is 22.2. The van der Waals surface area contributed by atoms with Crippen molar-refractivity contribution in [3.05, 3.63) is 48.1 Å². The Hall–Kier alpha value is -3.66. The summed E-state index contributed by atoms with van der Waals surface area (Å²) in [5, 5.41) is 23.5. The van der Waals surface area contributed by atoms with Gasteiger partial charge in [0.2, 0.25) is 5.69 Å². The number of rotatable bonds is 5. The number of azo groups is 1. The van der Waals surface area contributed by atoms with Crippen molar-refractivity contribution in [3.8, 4) is 5.75 Å². The van der Waals surface area contributed by atoms with Gasteiger partial charge in [-0.25, -0.2) is 9.22 Å². The predicted molar refractivity (Wildman–Crippen MR) is 117 cm³/mol. The smallest absolute Gasteiger partial charge is 0.298 e. The molecule has 2 aromatic heterocycles. The zero-order valence-electron chi connectivity index (χ0n) is 15.9. The largest absolute Gasteiger partial charge is 0.506 e. The molecule has 156 valence electrons. The van der Waals surface area contributed by atoms with Gasteiger partial charge in [0, 0.05) is 40.8 Å². The number of phenolic OH excluding ortho intramolecular Hbond substituents is 1. The van der Waals surface area contributed by atoms with Gasteiger partial charge in [-0.1, -0.05) is 12.1 Å². The molecule has 0 bridgehead atoms. The Morgan fingerprint density at radius 2 is 2.06 bits per heavy atom. The molecule has 0 aliphatic carbocycles. The number of hydrogen-bond acceptors (Lipinski definition) is 9. The van der Waals surface area contributed by atoms with Gasteiger partial charge in [0.05, 0.1) is 17.8 Å². The van der Waals surface area contributed by atoms with E-state index >= 15 is 0 Å². The van der Waals surface area contributed by atoms with Gasteiger partial charge in [-0.05, 0) is 30.6 Å². The number of aromatic nitrogens is 2. The predicted octanol–water partition coefficient (Wildman–Crippen LogP) is 5.19. The summed E-state index contributed by atoms with van der Waals surface area (Å²) in [6.45, 7) is 9.67.